The molecule has 0 unspecified atom stereocenters. The molecule has 1 aliphatic rings. The van der Waals surface area contributed by atoms with Crippen molar-refractivity contribution < 1.29 is 18.0 Å². The molecule has 0 atom stereocenters. The van der Waals surface area contributed by atoms with E-state index in [-0.39, 0.29) is 36.7 Å². The molecular formula is C20H24Cl2N4O4S2. The SMILES string of the molecule is CC(C)(C)c1cc(C(=O)N2CCNS(=O)(=O)CC2)c(NC(=O)Nc2cc(Cl)cc(Cl)c2)s1. The number of rotatable bonds is 3. The van der Waals surface area contributed by atoms with Gasteiger partial charge < -0.3 is 10.2 Å². The molecule has 32 heavy (non-hydrogen) atoms. The number of urea groups is 1. The molecule has 1 fully saturated rings. The number of sulfonamides is 1. The quantitative estimate of drug-likeness (QED) is 0.560. The van der Waals surface area contributed by atoms with E-state index in [0.717, 1.165) is 4.88 Å². The van der Waals surface area contributed by atoms with E-state index in [0.29, 0.717) is 26.3 Å². The van der Waals surface area contributed by atoms with Crippen LogP contribution in [0.15, 0.2) is 24.3 Å². The second kappa shape index (κ2) is 9.56. The van der Waals surface area contributed by atoms with Crippen molar-refractivity contribution in [3.8, 4) is 0 Å². The Morgan fingerprint density at radius 3 is 2.34 bits per heavy atom. The van der Waals surface area contributed by atoms with Gasteiger partial charge in [-0.15, -0.1) is 11.3 Å². The first-order valence-corrected chi connectivity index (χ1v) is 13.0. The van der Waals surface area contributed by atoms with Gasteiger partial charge in [0.2, 0.25) is 10.0 Å². The normalized spacial score (nSPS) is 16.3. The minimum Gasteiger partial charge on any atom is -0.336 e. The number of benzene rings is 1. The van der Waals surface area contributed by atoms with Crippen LogP contribution in [-0.2, 0) is 15.4 Å². The second-order valence-electron chi connectivity index (χ2n) is 8.35. The van der Waals surface area contributed by atoms with Gasteiger partial charge in [0.05, 0.1) is 11.3 Å². The molecule has 2 heterocycles. The number of amides is 3. The standard InChI is InChI=1S/C20H24Cl2N4O4S2/c1-20(2,3)16-11-15(18(27)26-5-4-23-32(29,30)7-6-26)17(31-16)25-19(28)24-14-9-12(21)8-13(22)10-14/h8-11,23H,4-7H2,1-3H3,(H2,24,25,28). The van der Waals surface area contributed by atoms with E-state index < -0.39 is 16.1 Å². The maximum atomic E-state index is 13.3. The fourth-order valence-electron chi connectivity index (χ4n) is 3.03. The van der Waals surface area contributed by atoms with Crippen LogP contribution in [0.4, 0.5) is 15.5 Å². The van der Waals surface area contributed by atoms with Crippen LogP contribution in [0.1, 0.15) is 36.0 Å². The third kappa shape index (κ3) is 6.35. The van der Waals surface area contributed by atoms with Crippen molar-refractivity contribution in [3.63, 3.8) is 0 Å². The molecule has 1 aliphatic heterocycles. The summed E-state index contributed by atoms with van der Waals surface area (Å²) in [7, 11) is -3.40. The average molecular weight is 519 g/mol. The zero-order chi connectivity index (χ0) is 23.7. The molecule has 0 aliphatic carbocycles. The van der Waals surface area contributed by atoms with Gasteiger partial charge in [0.15, 0.2) is 0 Å². The average Bonchev–Trinajstić information content (AvgIpc) is 2.98. The van der Waals surface area contributed by atoms with Gasteiger partial charge in [-0.2, -0.15) is 0 Å². The van der Waals surface area contributed by atoms with Crippen molar-refractivity contribution >= 4 is 67.2 Å². The van der Waals surface area contributed by atoms with Crippen molar-refractivity contribution in [1.29, 1.82) is 0 Å². The number of hydrogen-bond acceptors (Lipinski definition) is 5. The van der Waals surface area contributed by atoms with E-state index >= 15 is 0 Å². The van der Waals surface area contributed by atoms with Gasteiger partial charge in [-0.25, -0.2) is 17.9 Å². The summed E-state index contributed by atoms with van der Waals surface area (Å²) < 4.78 is 26.1. The Kier molecular flexibility index (Phi) is 7.41. The molecule has 0 radical (unpaired) electrons. The number of carbonyl (C=O) groups is 2. The van der Waals surface area contributed by atoms with Crippen LogP contribution < -0.4 is 15.4 Å². The number of nitrogens with one attached hydrogen (secondary N) is 3. The third-order valence-corrected chi connectivity index (χ3v) is 7.95. The van der Waals surface area contributed by atoms with Gasteiger partial charge >= 0.3 is 6.03 Å². The summed E-state index contributed by atoms with van der Waals surface area (Å²) in [6.07, 6.45) is 0. The number of halogens is 2. The van der Waals surface area contributed by atoms with E-state index in [9.17, 15) is 18.0 Å². The molecule has 174 valence electrons. The number of thiophene rings is 1. The highest BCUT2D eigenvalue weighted by Crippen LogP contribution is 2.37. The number of carbonyl (C=O) groups excluding carboxylic acids is 2. The van der Waals surface area contributed by atoms with Crippen LogP contribution in [0.3, 0.4) is 0 Å². The molecule has 1 saturated heterocycles. The monoisotopic (exact) mass is 518 g/mol. The summed E-state index contributed by atoms with van der Waals surface area (Å²) in [5.74, 6) is -0.509. The highest BCUT2D eigenvalue weighted by atomic mass is 35.5. The van der Waals surface area contributed by atoms with Gasteiger partial charge in [-0.3, -0.25) is 10.1 Å². The van der Waals surface area contributed by atoms with Crippen LogP contribution in [0.25, 0.3) is 0 Å². The molecule has 3 rings (SSSR count). The molecule has 3 N–H and O–H groups in total. The van der Waals surface area contributed by atoms with Gasteiger partial charge in [0.1, 0.15) is 5.00 Å². The van der Waals surface area contributed by atoms with E-state index in [1.165, 1.54) is 16.2 Å². The minimum absolute atomic E-state index is 0.0709. The summed E-state index contributed by atoms with van der Waals surface area (Å²) in [6.45, 7) is 6.48. The van der Waals surface area contributed by atoms with E-state index in [1.54, 1.807) is 24.3 Å². The molecule has 0 saturated carbocycles. The van der Waals surface area contributed by atoms with Crippen LogP contribution in [0.5, 0.6) is 0 Å². The van der Waals surface area contributed by atoms with E-state index in [2.05, 4.69) is 15.4 Å². The largest absolute Gasteiger partial charge is 0.336 e. The highest BCUT2D eigenvalue weighted by molar-refractivity contribution is 7.89. The Morgan fingerprint density at radius 1 is 1.06 bits per heavy atom. The minimum atomic E-state index is -3.40. The van der Waals surface area contributed by atoms with Crippen molar-refractivity contribution in [1.82, 2.24) is 9.62 Å². The summed E-state index contributed by atoms with van der Waals surface area (Å²) in [4.78, 5) is 28.3. The molecule has 3 amide bonds. The first-order valence-electron chi connectivity index (χ1n) is 9.79. The molecule has 1 aromatic carbocycles. The lowest BCUT2D eigenvalue weighted by Gasteiger charge is -2.19. The summed E-state index contributed by atoms with van der Waals surface area (Å²) in [5.41, 5.74) is 0.475. The van der Waals surface area contributed by atoms with Crippen LogP contribution in [-0.4, -0.2) is 50.6 Å². The Hall–Kier alpha value is -1.85. The van der Waals surface area contributed by atoms with Gasteiger partial charge in [-0.05, 0) is 29.7 Å². The molecule has 12 heteroatoms. The zero-order valence-electron chi connectivity index (χ0n) is 17.8. The fourth-order valence-corrected chi connectivity index (χ4v) is 5.66. The zero-order valence-corrected chi connectivity index (χ0v) is 20.9. The molecule has 0 spiro atoms. The maximum absolute atomic E-state index is 13.3. The van der Waals surface area contributed by atoms with Crippen LogP contribution >= 0.6 is 34.5 Å². The highest BCUT2D eigenvalue weighted by Gasteiger charge is 2.29. The summed E-state index contributed by atoms with van der Waals surface area (Å²) in [6, 6.07) is 5.86. The third-order valence-electron chi connectivity index (χ3n) is 4.67. The van der Waals surface area contributed by atoms with Crippen molar-refractivity contribution in [2.24, 2.45) is 0 Å². The second-order valence-corrected chi connectivity index (χ2v) is 12.2. The van der Waals surface area contributed by atoms with Crippen LogP contribution in [0, 0.1) is 0 Å². The molecular weight excluding hydrogens is 495 g/mol. The maximum Gasteiger partial charge on any atom is 0.324 e. The number of nitrogens with zero attached hydrogens (tertiary/aromatic N) is 1. The smallest absolute Gasteiger partial charge is 0.324 e. The predicted octanol–water partition coefficient (Wildman–Crippen LogP) is 4.37. The van der Waals surface area contributed by atoms with E-state index in [4.69, 9.17) is 23.2 Å². The summed E-state index contributed by atoms with van der Waals surface area (Å²) >= 11 is 13.3. The molecule has 0 bridgehead atoms. The Morgan fingerprint density at radius 2 is 1.72 bits per heavy atom. The lowest BCUT2D eigenvalue weighted by Crippen LogP contribution is -2.35. The Balaban J connectivity index is 1.85. The predicted molar refractivity (Wildman–Crippen MR) is 130 cm³/mol. The lowest BCUT2D eigenvalue weighted by molar-refractivity contribution is 0.0773. The molecule has 1 aromatic heterocycles. The first kappa shape index (κ1) is 24.8. The van der Waals surface area contributed by atoms with Gasteiger partial charge in [0.25, 0.3) is 5.91 Å². The summed E-state index contributed by atoms with van der Waals surface area (Å²) in [5, 5.41) is 6.53. The van der Waals surface area contributed by atoms with Crippen molar-refractivity contribution in [2.75, 3.05) is 36.0 Å². The van der Waals surface area contributed by atoms with E-state index in [1.807, 2.05) is 20.8 Å². The Bertz CT molecular complexity index is 1120. The Labute approximate surface area is 201 Å². The van der Waals surface area contributed by atoms with Gasteiger partial charge in [0, 0.05) is 40.2 Å². The molecule has 8 nitrogen and oxygen atoms in total. The number of anilines is 2. The topological polar surface area (TPSA) is 108 Å². The van der Waals surface area contributed by atoms with Crippen LogP contribution in [0.2, 0.25) is 10.0 Å². The fraction of sp³-hybridized carbons (Fsp3) is 0.400. The van der Waals surface area contributed by atoms with Crippen molar-refractivity contribution in [2.45, 2.75) is 26.2 Å². The number of hydrogen-bond donors (Lipinski definition) is 3. The molecule has 2 aromatic rings. The first-order chi connectivity index (χ1) is 14.8. The van der Waals surface area contributed by atoms with Crippen molar-refractivity contribution in [3.05, 3.63) is 44.8 Å². The lowest BCUT2D eigenvalue weighted by atomic mass is 9.94. The van der Waals surface area contributed by atoms with Gasteiger partial charge in [-0.1, -0.05) is 44.0 Å².